The van der Waals surface area contributed by atoms with Gasteiger partial charge in [0, 0.05) is 26.1 Å². The molecule has 2 N–H and O–H groups in total. The van der Waals surface area contributed by atoms with Gasteiger partial charge in [0.05, 0.1) is 6.26 Å². The fourth-order valence-corrected chi connectivity index (χ4v) is 4.15. The van der Waals surface area contributed by atoms with E-state index in [0.717, 1.165) is 6.26 Å². The molecule has 1 fully saturated rings. The number of hydrogen-bond donors (Lipinski definition) is 2. The van der Waals surface area contributed by atoms with E-state index in [2.05, 4.69) is 4.72 Å². The lowest BCUT2D eigenvalue weighted by molar-refractivity contribution is -0.145. The van der Waals surface area contributed by atoms with Crippen molar-refractivity contribution in [1.29, 1.82) is 0 Å². The molecule has 1 saturated heterocycles. The van der Waals surface area contributed by atoms with Crippen molar-refractivity contribution in [3.05, 3.63) is 0 Å². The summed E-state index contributed by atoms with van der Waals surface area (Å²) >= 11 is 0. The molecule has 144 valence electrons. The van der Waals surface area contributed by atoms with Crippen LogP contribution in [0.15, 0.2) is 0 Å². The van der Waals surface area contributed by atoms with Crippen molar-refractivity contribution in [2.75, 3.05) is 25.9 Å². The van der Waals surface area contributed by atoms with Gasteiger partial charge in [-0.3, -0.25) is 14.4 Å². The molecule has 1 atom stereocenters. The van der Waals surface area contributed by atoms with E-state index in [1.165, 1.54) is 25.7 Å². The van der Waals surface area contributed by atoms with Crippen LogP contribution in [-0.4, -0.2) is 78.6 Å². The molecule has 1 rings (SSSR count). The SMILES string of the molecule is CC(=O)N(CC(=O)O)C1CCCN(C(=O)C(C)(C)NS(C)(=O)=O)CC1. The molecule has 0 radical (unpaired) electrons. The average Bonchev–Trinajstić information content (AvgIpc) is 2.66. The first-order valence-electron chi connectivity index (χ1n) is 8.11. The van der Waals surface area contributed by atoms with E-state index in [4.69, 9.17) is 5.11 Å². The molecule has 0 saturated carbocycles. The number of nitrogens with zero attached hydrogens (tertiary/aromatic N) is 2. The first-order chi connectivity index (χ1) is 11.3. The third-order valence-corrected chi connectivity index (χ3v) is 4.99. The van der Waals surface area contributed by atoms with Crippen LogP contribution in [0.2, 0.25) is 0 Å². The quantitative estimate of drug-likeness (QED) is 0.651. The fraction of sp³-hybridized carbons (Fsp3) is 0.800. The van der Waals surface area contributed by atoms with Gasteiger partial charge in [-0.15, -0.1) is 0 Å². The Morgan fingerprint density at radius 1 is 1.24 bits per heavy atom. The lowest BCUT2D eigenvalue weighted by Crippen LogP contribution is -2.55. The van der Waals surface area contributed by atoms with Crippen LogP contribution in [0.25, 0.3) is 0 Å². The number of likely N-dealkylation sites (tertiary alicyclic amines) is 1. The fourth-order valence-electron chi connectivity index (χ4n) is 3.14. The number of carboxylic acids is 1. The van der Waals surface area contributed by atoms with Crippen LogP contribution in [0.3, 0.4) is 0 Å². The molecule has 1 heterocycles. The second kappa shape index (κ2) is 8.13. The smallest absolute Gasteiger partial charge is 0.323 e. The van der Waals surface area contributed by atoms with Gasteiger partial charge in [-0.25, -0.2) is 13.1 Å². The summed E-state index contributed by atoms with van der Waals surface area (Å²) in [7, 11) is -3.54. The van der Waals surface area contributed by atoms with Crippen molar-refractivity contribution in [3.8, 4) is 0 Å². The third kappa shape index (κ3) is 6.62. The number of carbonyl (C=O) groups is 3. The molecule has 1 aliphatic heterocycles. The van der Waals surface area contributed by atoms with Crippen LogP contribution in [0.5, 0.6) is 0 Å². The van der Waals surface area contributed by atoms with Crippen molar-refractivity contribution < 1.29 is 27.9 Å². The van der Waals surface area contributed by atoms with E-state index in [9.17, 15) is 22.8 Å². The highest BCUT2D eigenvalue weighted by Crippen LogP contribution is 2.20. The standard InChI is InChI=1S/C15H27N3O6S/c1-11(19)18(10-13(20)21)12-6-5-8-17(9-7-12)14(22)15(2,3)16-25(4,23)24/h12,16H,5-10H2,1-4H3,(H,20,21). The molecule has 0 spiro atoms. The number of nitrogens with one attached hydrogen (secondary N) is 1. The summed E-state index contributed by atoms with van der Waals surface area (Å²) in [6, 6.07) is -0.252. The van der Waals surface area contributed by atoms with E-state index in [1.807, 2.05) is 0 Å². The number of carboxylic acid groups (broad SMARTS) is 1. The molecule has 2 amide bonds. The van der Waals surface area contributed by atoms with E-state index in [1.54, 1.807) is 4.90 Å². The van der Waals surface area contributed by atoms with E-state index in [0.29, 0.717) is 32.4 Å². The molecule has 1 aliphatic rings. The maximum Gasteiger partial charge on any atom is 0.323 e. The predicted molar refractivity (Wildman–Crippen MR) is 91.3 cm³/mol. The Hall–Kier alpha value is -1.68. The van der Waals surface area contributed by atoms with Crippen LogP contribution >= 0.6 is 0 Å². The zero-order chi connectivity index (χ0) is 19.4. The second-order valence-electron chi connectivity index (χ2n) is 6.92. The normalized spacial score (nSPS) is 19.2. The molecule has 0 aromatic heterocycles. The summed E-state index contributed by atoms with van der Waals surface area (Å²) in [5.41, 5.74) is -1.27. The molecule has 0 aromatic carbocycles. The summed E-state index contributed by atoms with van der Waals surface area (Å²) in [4.78, 5) is 38.2. The molecule has 0 aromatic rings. The van der Waals surface area contributed by atoms with Crippen LogP contribution in [0.1, 0.15) is 40.0 Å². The van der Waals surface area contributed by atoms with Crippen molar-refractivity contribution in [1.82, 2.24) is 14.5 Å². The van der Waals surface area contributed by atoms with E-state index >= 15 is 0 Å². The second-order valence-corrected chi connectivity index (χ2v) is 8.67. The van der Waals surface area contributed by atoms with Crippen molar-refractivity contribution in [2.24, 2.45) is 0 Å². The maximum atomic E-state index is 12.7. The van der Waals surface area contributed by atoms with Crippen molar-refractivity contribution >= 4 is 27.8 Å². The minimum absolute atomic E-state index is 0.252. The highest BCUT2D eigenvalue weighted by molar-refractivity contribution is 7.88. The number of hydrogen-bond acceptors (Lipinski definition) is 5. The van der Waals surface area contributed by atoms with Gasteiger partial charge in [0.2, 0.25) is 21.8 Å². The molecular weight excluding hydrogens is 350 g/mol. The monoisotopic (exact) mass is 377 g/mol. The predicted octanol–water partition coefficient (Wildman–Crippen LogP) is -0.372. The summed E-state index contributed by atoms with van der Waals surface area (Å²) in [5.74, 6) is -1.73. The Morgan fingerprint density at radius 2 is 1.84 bits per heavy atom. The van der Waals surface area contributed by atoms with E-state index < -0.39 is 21.5 Å². The minimum atomic E-state index is -3.54. The first kappa shape index (κ1) is 21.4. The van der Waals surface area contributed by atoms with Gasteiger partial charge in [0.25, 0.3) is 0 Å². The van der Waals surface area contributed by atoms with Gasteiger partial charge in [0.15, 0.2) is 0 Å². The molecule has 0 aliphatic carbocycles. The largest absolute Gasteiger partial charge is 0.480 e. The van der Waals surface area contributed by atoms with Crippen LogP contribution in [-0.2, 0) is 24.4 Å². The molecule has 25 heavy (non-hydrogen) atoms. The summed E-state index contributed by atoms with van der Waals surface area (Å²) in [6.07, 6.45) is 2.65. The van der Waals surface area contributed by atoms with Gasteiger partial charge >= 0.3 is 5.97 Å². The number of sulfonamides is 1. The summed E-state index contributed by atoms with van der Waals surface area (Å²) in [6.45, 7) is 4.74. The van der Waals surface area contributed by atoms with Gasteiger partial charge in [-0.1, -0.05) is 0 Å². The zero-order valence-corrected chi connectivity index (χ0v) is 15.9. The summed E-state index contributed by atoms with van der Waals surface area (Å²) in [5, 5.41) is 8.97. The number of aliphatic carboxylic acids is 1. The summed E-state index contributed by atoms with van der Waals surface area (Å²) < 4.78 is 25.2. The topological polar surface area (TPSA) is 124 Å². The third-order valence-electron chi connectivity index (χ3n) is 4.11. The highest BCUT2D eigenvalue weighted by atomic mass is 32.2. The van der Waals surface area contributed by atoms with E-state index in [-0.39, 0.29) is 24.4 Å². The molecule has 1 unspecified atom stereocenters. The molecule has 0 bridgehead atoms. The Morgan fingerprint density at radius 3 is 2.32 bits per heavy atom. The zero-order valence-electron chi connectivity index (χ0n) is 15.1. The number of rotatable bonds is 6. The Balaban J connectivity index is 2.82. The molecular formula is C15H27N3O6S. The minimum Gasteiger partial charge on any atom is -0.480 e. The van der Waals surface area contributed by atoms with Gasteiger partial charge in [-0.2, -0.15) is 0 Å². The van der Waals surface area contributed by atoms with Crippen molar-refractivity contribution in [2.45, 2.75) is 51.6 Å². The van der Waals surface area contributed by atoms with Gasteiger partial charge in [-0.05, 0) is 33.1 Å². The number of amides is 2. The lowest BCUT2D eigenvalue weighted by atomic mass is 10.1. The molecule has 9 nitrogen and oxygen atoms in total. The van der Waals surface area contributed by atoms with Crippen LogP contribution < -0.4 is 4.72 Å². The molecule has 10 heteroatoms. The average molecular weight is 377 g/mol. The van der Waals surface area contributed by atoms with Crippen LogP contribution in [0.4, 0.5) is 0 Å². The highest BCUT2D eigenvalue weighted by Gasteiger charge is 2.36. The number of carbonyl (C=O) groups excluding carboxylic acids is 2. The Labute approximate surface area is 148 Å². The maximum absolute atomic E-state index is 12.7. The van der Waals surface area contributed by atoms with Gasteiger partial charge in [0.1, 0.15) is 12.1 Å². The van der Waals surface area contributed by atoms with Crippen LogP contribution in [0, 0.1) is 0 Å². The Bertz CT molecular complexity index is 631. The van der Waals surface area contributed by atoms with Crippen molar-refractivity contribution in [3.63, 3.8) is 0 Å². The lowest BCUT2D eigenvalue weighted by Gasteiger charge is -2.32. The van der Waals surface area contributed by atoms with Gasteiger partial charge < -0.3 is 14.9 Å². The first-order valence-corrected chi connectivity index (χ1v) is 10.00. The Kier molecular flexibility index (Phi) is 6.95.